The third-order valence-electron chi connectivity index (χ3n) is 4.46. The lowest BCUT2D eigenvalue weighted by Crippen LogP contribution is -2.37. The van der Waals surface area contributed by atoms with Crippen molar-refractivity contribution in [2.24, 2.45) is 0 Å². The zero-order valence-electron chi connectivity index (χ0n) is 16.6. The topological polar surface area (TPSA) is 85.5 Å². The van der Waals surface area contributed by atoms with Crippen LogP contribution in [-0.4, -0.2) is 44.6 Å². The number of hydrogen-bond donors (Lipinski definition) is 0. The van der Waals surface area contributed by atoms with Crippen LogP contribution in [0.1, 0.15) is 18.4 Å². The summed E-state index contributed by atoms with van der Waals surface area (Å²) >= 11 is 0. The van der Waals surface area contributed by atoms with Crippen molar-refractivity contribution >= 4 is 16.7 Å². The average molecular weight is 413 g/mol. The van der Waals surface area contributed by atoms with Gasteiger partial charge in [0, 0.05) is 24.4 Å². The van der Waals surface area contributed by atoms with E-state index >= 15 is 0 Å². The predicted molar refractivity (Wildman–Crippen MR) is 111 cm³/mol. The lowest BCUT2D eigenvalue weighted by Gasteiger charge is -2.20. The van der Waals surface area contributed by atoms with Crippen LogP contribution < -0.4 is 4.74 Å². The van der Waals surface area contributed by atoms with Crippen molar-refractivity contribution in [1.29, 1.82) is 0 Å². The molecule has 0 saturated carbocycles. The zero-order valence-corrected chi connectivity index (χ0v) is 17.4. The van der Waals surface area contributed by atoms with E-state index in [1.54, 1.807) is 32.0 Å². The third-order valence-corrected chi connectivity index (χ3v) is 5.98. The van der Waals surface area contributed by atoms with Gasteiger partial charge in [-0.1, -0.05) is 47.6 Å². The smallest absolute Gasteiger partial charge is 0.239 e. The summed E-state index contributed by atoms with van der Waals surface area (Å²) in [5.74, 6) is 1.00. The molecule has 1 aromatic heterocycles. The fraction of sp³-hybridized carbons (Fsp3) is 0.286. The Labute approximate surface area is 172 Å². The molecule has 7 nitrogen and oxygen atoms in total. The molecule has 2 atom stereocenters. The van der Waals surface area contributed by atoms with E-state index in [-0.39, 0.29) is 17.6 Å². The molecule has 0 fully saturated rings. The molecule has 1 heterocycles. The first-order chi connectivity index (χ1) is 14.0. The maximum atomic E-state index is 12.7. The molecule has 0 bridgehead atoms. The number of para-hydroxylation sites is 1. The van der Waals surface area contributed by atoms with Crippen LogP contribution in [0.15, 0.2) is 59.1 Å². The normalized spacial score (nSPS) is 12.9. The van der Waals surface area contributed by atoms with Crippen molar-refractivity contribution in [3.05, 3.63) is 66.1 Å². The van der Waals surface area contributed by atoms with Crippen molar-refractivity contribution in [3.63, 3.8) is 0 Å². The SMILES string of the molecule is COc1ccccc1-c1noc(CS(=O)C(C)C(=O)N(C)Cc2ccccc2)n1. The standard InChI is InChI=1S/C21H23N3O4S/c1-15(21(25)24(2)13-16-9-5-4-6-10-16)29(26)14-19-22-20(23-28-19)17-11-7-8-12-18(17)27-3/h4-12,15H,13-14H2,1-3H3. The monoisotopic (exact) mass is 413 g/mol. The molecule has 8 heteroatoms. The molecule has 0 aliphatic carbocycles. The van der Waals surface area contributed by atoms with E-state index in [1.165, 1.54) is 0 Å². The number of benzene rings is 2. The second-order valence-electron chi connectivity index (χ2n) is 6.56. The lowest BCUT2D eigenvalue weighted by atomic mass is 10.2. The quantitative estimate of drug-likeness (QED) is 0.564. The second-order valence-corrected chi connectivity index (χ2v) is 8.32. The fourth-order valence-corrected chi connectivity index (χ4v) is 3.87. The molecule has 0 saturated heterocycles. The Balaban J connectivity index is 1.64. The maximum Gasteiger partial charge on any atom is 0.239 e. The van der Waals surface area contributed by atoms with Gasteiger partial charge in [-0.3, -0.25) is 9.00 Å². The fourth-order valence-electron chi connectivity index (χ4n) is 2.86. The summed E-state index contributed by atoms with van der Waals surface area (Å²) in [6, 6.07) is 17.0. The molecule has 2 unspecified atom stereocenters. The van der Waals surface area contributed by atoms with Gasteiger partial charge in [0.2, 0.25) is 17.6 Å². The molecule has 0 radical (unpaired) electrons. The Bertz CT molecular complexity index is 990. The Morgan fingerprint density at radius 3 is 2.59 bits per heavy atom. The number of ether oxygens (including phenoxy) is 1. The molecule has 152 valence electrons. The Morgan fingerprint density at radius 2 is 1.86 bits per heavy atom. The number of amides is 1. The summed E-state index contributed by atoms with van der Waals surface area (Å²) in [5, 5.41) is 3.26. The minimum absolute atomic E-state index is 0.00817. The Hall–Kier alpha value is -3.00. The second kappa shape index (κ2) is 9.47. The Morgan fingerprint density at radius 1 is 1.17 bits per heavy atom. The van der Waals surface area contributed by atoms with Crippen molar-refractivity contribution < 1.29 is 18.3 Å². The van der Waals surface area contributed by atoms with Crippen LogP contribution in [0.4, 0.5) is 0 Å². The molecule has 2 aromatic carbocycles. The summed E-state index contributed by atoms with van der Waals surface area (Å²) in [5.41, 5.74) is 1.70. The highest BCUT2D eigenvalue weighted by Gasteiger charge is 2.25. The van der Waals surface area contributed by atoms with Crippen LogP contribution in [0.25, 0.3) is 11.4 Å². The van der Waals surface area contributed by atoms with Gasteiger partial charge in [-0.25, -0.2) is 0 Å². The van der Waals surface area contributed by atoms with Crippen molar-refractivity contribution in [1.82, 2.24) is 15.0 Å². The van der Waals surface area contributed by atoms with E-state index < -0.39 is 16.0 Å². The van der Waals surface area contributed by atoms with Crippen LogP contribution in [0.3, 0.4) is 0 Å². The van der Waals surface area contributed by atoms with E-state index in [0.29, 0.717) is 23.7 Å². The average Bonchev–Trinajstić information content (AvgIpc) is 3.21. The number of carbonyl (C=O) groups is 1. The van der Waals surface area contributed by atoms with Crippen LogP contribution >= 0.6 is 0 Å². The number of rotatable bonds is 8. The summed E-state index contributed by atoms with van der Waals surface area (Å²) in [7, 11) is 1.77. The van der Waals surface area contributed by atoms with Crippen molar-refractivity contribution in [2.45, 2.75) is 24.5 Å². The third kappa shape index (κ3) is 5.08. The van der Waals surface area contributed by atoms with Crippen LogP contribution in [-0.2, 0) is 27.9 Å². The van der Waals surface area contributed by atoms with Gasteiger partial charge in [-0.15, -0.1) is 0 Å². The molecular formula is C21H23N3O4S. The minimum atomic E-state index is -1.49. The zero-order chi connectivity index (χ0) is 20.8. The molecule has 0 spiro atoms. The van der Waals surface area contributed by atoms with Gasteiger partial charge in [-0.05, 0) is 24.6 Å². The largest absolute Gasteiger partial charge is 0.496 e. The highest BCUT2D eigenvalue weighted by atomic mass is 32.2. The van der Waals surface area contributed by atoms with Crippen molar-refractivity contribution in [2.75, 3.05) is 14.2 Å². The van der Waals surface area contributed by atoms with Crippen molar-refractivity contribution in [3.8, 4) is 17.1 Å². The summed E-state index contributed by atoms with van der Waals surface area (Å²) in [6.07, 6.45) is 0. The molecule has 3 aromatic rings. The van der Waals surface area contributed by atoms with Gasteiger partial charge in [0.25, 0.3) is 0 Å². The Kier molecular flexibility index (Phi) is 6.77. The predicted octanol–water partition coefficient (Wildman–Crippen LogP) is 3.04. The lowest BCUT2D eigenvalue weighted by molar-refractivity contribution is -0.129. The first-order valence-electron chi connectivity index (χ1n) is 9.11. The maximum absolute atomic E-state index is 12.7. The van der Waals surface area contributed by atoms with Crippen LogP contribution in [0.2, 0.25) is 0 Å². The number of hydrogen-bond acceptors (Lipinski definition) is 6. The molecule has 0 aliphatic rings. The van der Waals surface area contributed by atoms with Gasteiger partial charge in [0.05, 0.1) is 12.7 Å². The summed E-state index contributed by atoms with van der Waals surface area (Å²) in [4.78, 5) is 18.5. The molecule has 0 N–H and O–H groups in total. The molecule has 3 rings (SSSR count). The van der Waals surface area contributed by atoms with E-state index in [1.807, 2.05) is 48.5 Å². The van der Waals surface area contributed by atoms with Gasteiger partial charge in [-0.2, -0.15) is 4.98 Å². The molecule has 0 aliphatic heterocycles. The summed E-state index contributed by atoms with van der Waals surface area (Å²) in [6.45, 7) is 2.11. The van der Waals surface area contributed by atoms with Gasteiger partial charge < -0.3 is 14.2 Å². The van der Waals surface area contributed by atoms with E-state index in [4.69, 9.17) is 9.26 Å². The molecule has 1 amide bonds. The first-order valence-corrected chi connectivity index (χ1v) is 10.5. The van der Waals surface area contributed by atoms with Gasteiger partial charge in [0.15, 0.2) is 0 Å². The summed E-state index contributed by atoms with van der Waals surface area (Å²) < 4.78 is 23.2. The van der Waals surface area contributed by atoms with E-state index in [9.17, 15) is 9.00 Å². The molecule has 29 heavy (non-hydrogen) atoms. The first kappa shape index (κ1) is 20.7. The van der Waals surface area contributed by atoms with E-state index in [0.717, 1.165) is 5.56 Å². The number of nitrogens with zero attached hydrogens (tertiary/aromatic N) is 3. The highest BCUT2D eigenvalue weighted by Crippen LogP contribution is 2.27. The highest BCUT2D eigenvalue weighted by molar-refractivity contribution is 7.85. The number of carbonyl (C=O) groups excluding carboxylic acids is 1. The van der Waals surface area contributed by atoms with Crippen LogP contribution in [0, 0.1) is 0 Å². The van der Waals surface area contributed by atoms with E-state index in [2.05, 4.69) is 10.1 Å². The van der Waals surface area contributed by atoms with Crippen LogP contribution in [0.5, 0.6) is 5.75 Å². The number of methoxy groups -OCH3 is 1. The van der Waals surface area contributed by atoms with Gasteiger partial charge >= 0.3 is 0 Å². The van der Waals surface area contributed by atoms with Gasteiger partial charge in [0.1, 0.15) is 16.8 Å². The minimum Gasteiger partial charge on any atom is -0.496 e. The number of aromatic nitrogens is 2. The molecular weight excluding hydrogens is 390 g/mol.